The van der Waals surface area contributed by atoms with Crippen LogP contribution in [0.2, 0.25) is 0 Å². The lowest BCUT2D eigenvalue weighted by molar-refractivity contribution is 0.0677. The number of amides is 2. The molecule has 0 atom stereocenters. The van der Waals surface area contributed by atoms with E-state index >= 15 is 0 Å². The van der Waals surface area contributed by atoms with E-state index in [4.69, 9.17) is 0 Å². The van der Waals surface area contributed by atoms with Crippen molar-refractivity contribution in [3.05, 3.63) is 70.8 Å². The summed E-state index contributed by atoms with van der Waals surface area (Å²) in [6.45, 7) is 8.94. The summed E-state index contributed by atoms with van der Waals surface area (Å²) in [4.78, 5) is 30.7. The van der Waals surface area contributed by atoms with Crippen LogP contribution in [-0.4, -0.2) is 35.5 Å². The van der Waals surface area contributed by atoms with Crippen molar-refractivity contribution < 1.29 is 9.59 Å². The molecule has 4 rings (SSSR count). The Morgan fingerprint density at radius 1 is 0.808 bits per heavy atom. The van der Waals surface area contributed by atoms with E-state index in [1.165, 1.54) is 10.5 Å². The highest BCUT2D eigenvalue weighted by Gasteiger charge is 2.36. The summed E-state index contributed by atoms with van der Waals surface area (Å²) >= 11 is 0. The monoisotopic (exact) mass is 350 g/mol. The van der Waals surface area contributed by atoms with Crippen molar-refractivity contribution in [1.82, 2.24) is 4.90 Å². The first kappa shape index (κ1) is 19.6. The van der Waals surface area contributed by atoms with Gasteiger partial charge in [0.2, 0.25) is 0 Å². The smallest absolute Gasteiger partial charge is 0.261 e. The lowest BCUT2D eigenvalue weighted by Crippen LogP contribution is -2.36. The Labute approximate surface area is 155 Å². The molecule has 2 amide bonds. The quantitative estimate of drug-likeness (QED) is 0.755. The maximum Gasteiger partial charge on any atom is 0.261 e. The molecule has 2 aliphatic heterocycles. The van der Waals surface area contributed by atoms with Gasteiger partial charge in [-0.15, -0.1) is 0 Å². The van der Waals surface area contributed by atoms with Gasteiger partial charge >= 0.3 is 0 Å². The van der Waals surface area contributed by atoms with Crippen molar-refractivity contribution in [2.24, 2.45) is 4.99 Å². The number of rotatable bonds is 2. The summed E-state index contributed by atoms with van der Waals surface area (Å²) < 4.78 is 0. The molecule has 2 aromatic rings. The Morgan fingerprint density at radius 3 is 1.88 bits per heavy atom. The van der Waals surface area contributed by atoms with Gasteiger partial charge in [-0.2, -0.15) is 0 Å². The van der Waals surface area contributed by atoms with Crippen LogP contribution >= 0.6 is 0 Å². The average Bonchev–Trinajstić information content (AvgIpc) is 2.96. The molecule has 0 radical (unpaired) electrons. The summed E-state index contributed by atoms with van der Waals surface area (Å²) in [5.74, 6) is -0.460. The molecule has 26 heavy (non-hydrogen) atoms. The van der Waals surface area contributed by atoms with Gasteiger partial charge in [0, 0.05) is 12.1 Å². The van der Waals surface area contributed by atoms with Crippen LogP contribution in [0.1, 0.15) is 59.5 Å². The normalized spacial score (nSPS) is 14.3. The highest BCUT2D eigenvalue weighted by atomic mass is 16.2. The Morgan fingerprint density at radius 2 is 1.31 bits per heavy atom. The van der Waals surface area contributed by atoms with Crippen LogP contribution in [0.25, 0.3) is 0 Å². The van der Waals surface area contributed by atoms with Crippen molar-refractivity contribution >= 4 is 17.5 Å². The first-order chi connectivity index (χ1) is 12.8. The summed E-state index contributed by atoms with van der Waals surface area (Å²) in [5.41, 5.74) is 4.06. The second-order valence-corrected chi connectivity index (χ2v) is 5.48. The van der Waals surface area contributed by atoms with Gasteiger partial charge in [-0.1, -0.05) is 64.1 Å². The predicted octanol–water partition coefficient (Wildman–Crippen LogP) is 4.38. The molecule has 0 fully saturated rings. The molecule has 4 heteroatoms. The largest absolute Gasteiger partial charge is 0.287 e. The first-order valence-electron chi connectivity index (χ1n) is 9.32. The molecular weight excluding hydrogens is 324 g/mol. The summed E-state index contributed by atoms with van der Waals surface area (Å²) in [7, 11) is 0. The minimum absolute atomic E-state index is 0.230. The average molecular weight is 350 g/mol. The van der Waals surface area contributed by atoms with E-state index in [0.29, 0.717) is 17.7 Å². The van der Waals surface area contributed by atoms with Gasteiger partial charge in [0.1, 0.15) is 0 Å². The van der Waals surface area contributed by atoms with Gasteiger partial charge in [-0.3, -0.25) is 19.5 Å². The van der Waals surface area contributed by atoms with E-state index in [-0.39, 0.29) is 18.4 Å². The van der Waals surface area contributed by atoms with Gasteiger partial charge in [-0.05, 0) is 24.1 Å². The van der Waals surface area contributed by atoms with E-state index in [9.17, 15) is 9.59 Å². The second kappa shape index (κ2) is 9.09. The third-order valence-corrected chi connectivity index (χ3v) is 4.20. The molecule has 2 aliphatic rings. The Bertz CT molecular complexity index is 789. The summed E-state index contributed by atoms with van der Waals surface area (Å²) in [6, 6.07) is 15.0. The number of hydrogen-bond donors (Lipinski definition) is 0. The molecule has 2 aromatic carbocycles. The summed E-state index contributed by atoms with van der Waals surface area (Å²) in [6.07, 6.45) is 0.905. The van der Waals surface area contributed by atoms with Crippen molar-refractivity contribution in [3.8, 4) is 0 Å². The molecule has 0 N–H and O–H groups in total. The van der Waals surface area contributed by atoms with Crippen molar-refractivity contribution in [2.75, 3.05) is 13.1 Å². The maximum absolute atomic E-state index is 12.4. The third kappa shape index (κ3) is 3.59. The zero-order chi connectivity index (χ0) is 19.1. The molecular formula is C22H26N2O2. The van der Waals surface area contributed by atoms with Gasteiger partial charge in [0.25, 0.3) is 11.8 Å². The number of nitrogens with zero attached hydrogens (tertiary/aromatic N) is 2. The second-order valence-electron chi connectivity index (χ2n) is 5.48. The van der Waals surface area contributed by atoms with Gasteiger partial charge < -0.3 is 0 Å². The van der Waals surface area contributed by atoms with Crippen LogP contribution in [0.4, 0.5) is 0 Å². The molecule has 0 saturated carbocycles. The van der Waals surface area contributed by atoms with Crippen molar-refractivity contribution in [1.29, 1.82) is 0 Å². The number of aliphatic imine (C=N–C) groups is 1. The van der Waals surface area contributed by atoms with Crippen molar-refractivity contribution in [3.63, 3.8) is 0 Å². The molecule has 0 aliphatic carbocycles. The zero-order valence-electron chi connectivity index (χ0n) is 16.0. The molecule has 136 valence electrons. The van der Waals surface area contributed by atoms with E-state index in [2.05, 4.69) is 11.1 Å². The van der Waals surface area contributed by atoms with Crippen molar-refractivity contribution in [2.45, 2.75) is 34.1 Å². The van der Waals surface area contributed by atoms with Gasteiger partial charge in [0.05, 0.1) is 23.4 Å². The highest BCUT2D eigenvalue weighted by molar-refractivity contribution is 6.23. The zero-order valence-corrected chi connectivity index (χ0v) is 16.0. The molecule has 2 heterocycles. The van der Waals surface area contributed by atoms with E-state index < -0.39 is 0 Å². The molecule has 0 spiro atoms. The Hall–Kier alpha value is -2.75. The van der Waals surface area contributed by atoms with Crippen LogP contribution in [0, 0.1) is 0 Å². The highest BCUT2D eigenvalue weighted by Crippen LogP contribution is 2.24. The lowest BCUT2D eigenvalue weighted by atomic mass is 9.97. The number of imide groups is 1. The third-order valence-electron chi connectivity index (χ3n) is 4.20. The van der Waals surface area contributed by atoms with Crippen LogP contribution in [-0.2, 0) is 6.42 Å². The lowest BCUT2D eigenvalue weighted by Gasteiger charge is -2.20. The first-order valence-corrected chi connectivity index (χ1v) is 9.32. The number of benzene rings is 2. The number of carbonyl (C=O) groups is 2. The van der Waals surface area contributed by atoms with Gasteiger partial charge in [-0.25, -0.2) is 0 Å². The van der Waals surface area contributed by atoms with Crippen LogP contribution < -0.4 is 0 Å². The van der Waals surface area contributed by atoms with Crippen LogP contribution in [0.5, 0.6) is 0 Å². The standard InChI is InChI=1S/C18H14N2O2.2C2H6/c21-17-14-7-3-4-8-15(14)18(22)20(17)11-16-13-6-2-1-5-12(13)9-10-19-16;2*1-2/h1-8H,9-11H2;2*1-2H3. The number of fused-ring (bicyclic) bond motifs is 2. The Kier molecular flexibility index (Phi) is 6.84. The fourth-order valence-corrected chi connectivity index (χ4v) is 3.08. The predicted molar refractivity (Wildman–Crippen MR) is 106 cm³/mol. The van der Waals surface area contributed by atoms with Crippen LogP contribution in [0.15, 0.2) is 53.5 Å². The Balaban J connectivity index is 0.000000570. The SMILES string of the molecule is CC.CC.O=C1c2ccccc2C(=O)N1CC1=NCCc2ccccc21. The van der Waals surface area contributed by atoms with Gasteiger partial charge in [0.15, 0.2) is 0 Å². The minimum atomic E-state index is -0.230. The molecule has 0 bridgehead atoms. The van der Waals surface area contributed by atoms with E-state index in [0.717, 1.165) is 17.7 Å². The van der Waals surface area contributed by atoms with E-state index in [1.54, 1.807) is 24.3 Å². The number of hydrogen-bond acceptors (Lipinski definition) is 3. The minimum Gasteiger partial charge on any atom is -0.287 e. The fourth-order valence-electron chi connectivity index (χ4n) is 3.08. The molecule has 0 saturated heterocycles. The van der Waals surface area contributed by atoms with E-state index in [1.807, 2.05) is 45.9 Å². The molecule has 4 nitrogen and oxygen atoms in total. The van der Waals surface area contributed by atoms with Crippen LogP contribution in [0.3, 0.4) is 0 Å². The fraction of sp³-hybridized carbons (Fsp3) is 0.318. The number of carbonyl (C=O) groups excluding carboxylic acids is 2. The summed E-state index contributed by atoms with van der Waals surface area (Å²) in [5, 5.41) is 0. The maximum atomic E-state index is 12.4. The molecule has 0 aromatic heterocycles. The molecule has 0 unspecified atom stereocenters. The topological polar surface area (TPSA) is 49.7 Å².